The van der Waals surface area contributed by atoms with E-state index >= 15 is 0 Å². The highest BCUT2D eigenvalue weighted by molar-refractivity contribution is 7.25. The molecule has 0 atom stereocenters. The molecule has 1 saturated heterocycles. The number of aromatic nitrogens is 3. The molecule has 0 saturated carbocycles. The average Bonchev–Trinajstić information content (AvgIpc) is 3.33. The lowest BCUT2D eigenvalue weighted by Crippen LogP contribution is -2.32. The van der Waals surface area contributed by atoms with Gasteiger partial charge in [-0.25, -0.2) is 14.4 Å². The molecule has 0 N–H and O–H groups in total. The molecular weight excluding hydrogens is 513 g/mol. The van der Waals surface area contributed by atoms with Gasteiger partial charge in [-0.3, -0.25) is 9.36 Å². The molecule has 1 aliphatic heterocycles. The van der Waals surface area contributed by atoms with E-state index in [-0.39, 0.29) is 6.54 Å². The third-order valence-electron chi connectivity index (χ3n) is 7.28. The second-order valence-corrected chi connectivity index (χ2v) is 11.1. The van der Waals surface area contributed by atoms with E-state index in [1.807, 2.05) is 30.3 Å². The first kappa shape index (κ1) is 25.2. The maximum absolute atomic E-state index is 14.8. The van der Waals surface area contributed by atoms with Crippen LogP contribution in [0.25, 0.3) is 31.7 Å². The molecule has 0 spiro atoms. The number of likely N-dealkylation sites (tertiary alicyclic amines) is 1. The number of nitrogens with zero attached hydrogens (tertiary/aromatic N) is 5. The van der Waals surface area contributed by atoms with Crippen molar-refractivity contribution in [2.75, 3.05) is 26.7 Å². The van der Waals surface area contributed by atoms with Crippen molar-refractivity contribution in [2.45, 2.75) is 19.4 Å². The van der Waals surface area contributed by atoms with Crippen LogP contribution < -0.4 is 10.3 Å². The quantitative estimate of drug-likeness (QED) is 0.285. The topological polar surface area (TPSA) is 84.0 Å². The summed E-state index contributed by atoms with van der Waals surface area (Å²) in [6.45, 7) is 3.05. The summed E-state index contributed by atoms with van der Waals surface area (Å²) in [5.41, 5.74) is 1.43. The van der Waals surface area contributed by atoms with Gasteiger partial charge in [-0.05, 0) is 74.8 Å². The van der Waals surface area contributed by atoms with Gasteiger partial charge >= 0.3 is 0 Å². The van der Waals surface area contributed by atoms with Crippen molar-refractivity contribution in [1.82, 2.24) is 19.4 Å². The predicted molar refractivity (Wildman–Crippen MR) is 151 cm³/mol. The Morgan fingerprint density at radius 1 is 1.10 bits per heavy atom. The second kappa shape index (κ2) is 10.6. The summed E-state index contributed by atoms with van der Waals surface area (Å²) >= 11 is 1.41. The Morgan fingerprint density at radius 2 is 1.90 bits per heavy atom. The minimum absolute atomic E-state index is 0.191. The smallest absolute Gasteiger partial charge is 0.287 e. The molecule has 0 amide bonds. The molecule has 0 aliphatic carbocycles. The molecule has 5 aromatic rings. The van der Waals surface area contributed by atoms with Gasteiger partial charge in [-0.2, -0.15) is 5.26 Å². The van der Waals surface area contributed by atoms with E-state index in [1.165, 1.54) is 22.0 Å². The molecule has 1 aliphatic rings. The first-order valence-corrected chi connectivity index (χ1v) is 13.7. The van der Waals surface area contributed by atoms with Crippen molar-refractivity contribution in [3.63, 3.8) is 0 Å². The standard InChI is InChI=1S/C30H26FN5O2S/c1-35-9-7-19(8-10-35)18-38-23-15-33-28(34-16-23)22-4-2-3-21(11-22)17-36-29(37)26(31)13-25-24-12-20(14-32)5-6-27(24)39-30(25)36/h2-6,11-13,15-16,19H,7-10,17-18H2,1H3. The third-order valence-corrected chi connectivity index (χ3v) is 8.49. The first-order valence-electron chi connectivity index (χ1n) is 12.9. The van der Waals surface area contributed by atoms with Crippen LogP contribution in [0, 0.1) is 23.1 Å². The molecule has 6 rings (SSSR count). The highest BCUT2D eigenvalue weighted by atomic mass is 32.1. The summed E-state index contributed by atoms with van der Waals surface area (Å²) in [6, 6.07) is 16.3. The van der Waals surface area contributed by atoms with Gasteiger partial charge in [0.15, 0.2) is 17.4 Å². The van der Waals surface area contributed by atoms with E-state index in [9.17, 15) is 14.4 Å². The molecule has 1 fully saturated rings. The van der Waals surface area contributed by atoms with Gasteiger partial charge in [0.2, 0.25) is 0 Å². The van der Waals surface area contributed by atoms with E-state index in [0.717, 1.165) is 47.1 Å². The number of ether oxygens (including phenoxy) is 1. The number of halogens is 1. The Labute approximate surface area is 228 Å². The number of piperidine rings is 1. The molecular formula is C30H26FN5O2S. The van der Waals surface area contributed by atoms with Crippen molar-refractivity contribution in [3.05, 3.63) is 88.2 Å². The van der Waals surface area contributed by atoms with Crippen molar-refractivity contribution in [2.24, 2.45) is 5.92 Å². The predicted octanol–water partition coefficient (Wildman–Crippen LogP) is 5.45. The lowest BCUT2D eigenvalue weighted by atomic mass is 9.98. The Kier molecular flexibility index (Phi) is 6.81. The molecule has 9 heteroatoms. The van der Waals surface area contributed by atoms with Crippen LogP contribution in [0.2, 0.25) is 0 Å². The average molecular weight is 540 g/mol. The van der Waals surface area contributed by atoms with Crippen molar-refractivity contribution >= 4 is 31.6 Å². The van der Waals surface area contributed by atoms with Crippen LogP contribution in [0.1, 0.15) is 24.0 Å². The van der Waals surface area contributed by atoms with Crippen LogP contribution in [0.3, 0.4) is 0 Å². The van der Waals surface area contributed by atoms with Crippen molar-refractivity contribution in [3.8, 4) is 23.2 Å². The van der Waals surface area contributed by atoms with Gasteiger partial charge in [0.25, 0.3) is 5.56 Å². The summed E-state index contributed by atoms with van der Waals surface area (Å²) < 4.78 is 23.0. The summed E-state index contributed by atoms with van der Waals surface area (Å²) in [6.07, 6.45) is 5.64. The highest BCUT2D eigenvalue weighted by Gasteiger charge is 2.18. The number of hydrogen-bond donors (Lipinski definition) is 0. The Hall–Kier alpha value is -4.13. The highest BCUT2D eigenvalue weighted by Crippen LogP contribution is 2.34. The second-order valence-electron chi connectivity index (χ2n) is 10.0. The molecule has 0 unspecified atom stereocenters. The Bertz CT molecular complexity index is 1770. The van der Waals surface area contributed by atoms with Crippen LogP contribution in [0.15, 0.2) is 65.7 Å². The van der Waals surface area contributed by atoms with Crippen molar-refractivity contribution < 1.29 is 9.13 Å². The molecule has 0 bridgehead atoms. The van der Waals surface area contributed by atoms with Crippen LogP contribution in [-0.2, 0) is 6.54 Å². The summed E-state index contributed by atoms with van der Waals surface area (Å²) in [5.74, 6) is 0.919. The number of nitriles is 1. The molecule has 2 aromatic carbocycles. The van der Waals surface area contributed by atoms with Gasteiger partial charge < -0.3 is 9.64 Å². The van der Waals surface area contributed by atoms with Crippen LogP contribution >= 0.6 is 11.3 Å². The maximum Gasteiger partial charge on any atom is 0.287 e. The fraction of sp³-hybridized carbons (Fsp3) is 0.267. The summed E-state index contributed by atoms with van der Waals surface area (Å²) in [4.78, 5) is 24.9. The fourth-order valence-corrected chi connectivity index (χ4v) is 6.20. The normalized spacial score (nSPS) is 14.6. The van der Waals surface area contributed by atoms with E-state index in [2.05, 4.69) is 28.0 Å². The molecule has 3 aromatic heterocycles. The number of thiophene rings is 1. The minimum atomic E-state index is -0.820. The Morgan fingerprint density at radius 3 is 2.67 bits per heavy atom. The van der Waals surface area contributed by atoms with E-state index in [4.69, 9.17) is 4.74 Å². The minimum Gasteiger partial charge on any atom is -0.490 e. The van der Waals surface area contributed by atoms with Gasteiger partial charge in [0.1, 0.15) is 4.83 Å². The third kappa shape index (κ3) is 5.13. The van der Waals surface area contributed by atoms with Crippen molar-refractivity contribution in [1.29, 1.82) is 5.26 Å². The fourth-order valence-electron chi connectivity index (χ4n) is 5.04. The lowest BCUT2D eigenvalue weighted by molar-refractivity contribution is 0.159. The van der Waals surface area contributed by atoms with Crippen LogP contribution in [0.5, 0.6) is 5.75 Å². The number of hydrogen-bond acceptors (Lipinski definition) is 7. The van der Waals surface area contributed by atoms with Crippen LogP contribution in [-0.4, -0.2) is 46.2 Å². The first-order chi connectivity index (χ1) is 19.0. The number of fused-ring (bicyclic) bond motifs is 3. The van der Waals surface area contributed by atoms with Gasteiger partial charge in [0.05, 0.1) is 37.2 Å². The molecule has 39 heavy (non-hydrogen) atoms. The number of rotatable bonds is 6. The molecule has 7 nitrogen and oxygen atoms in total. The van der Waals surface area contributed by atoms with Gasteiger partial charge in [-0.1, -0.05) is 18.2 Å². The zero-order valence-electron chi connectivity index (χ0n) is 21.4. The van der Waals surface area contributed by atoms with Crippen LogP contribution in [0.4, 0.5) is 4.39 Å². The van der Waals surface area contributed by atoms with Gasteiger partial charge in [-0.15, -0.1) is 11.3 Å². The van der Waals surface area contributed by atoms with E-state index in [0.29, 0.717) is 39.9 Å². The monoisotopic (exact) mass is 539 g/mol. The van der Waals surface area contributed by atoms with E-state index in [1.54, 1.807) is 24.5 Å². The largest absolute Gasteiger partial charge is 0.490 e. The lowest BCUT2D eigenvalue weighted by Gasteiger charge is -2.28. The molecule has 196 valence electrons. The molecule has 0 radical (unpaired) electrons. The zero-order chi connectivity index (χ0) is 26.9. The van der Waals surface area contributed by atoms with Gasteiger partial charge in [0, 0.05) is 21.0 Å². The number of pyridine rings is 1. The summed E-state index contributed by atoms with van der Waals surface area (Å²) in [5, 5.41) is 10.7. The van der Waals surface area contributed by atoms with E-state index < -0.39 is 11.4 Å². The SMILES string of the molecule is CN1CCC(COc2cnc(-c3cccc(Cn4c(=O)c(F)cc5c6cc(C#N)ccc6sc54)c3)nc2)CC1. The number of benzene rings is 2. The molecule has 4 heterocycles. The zero-order valence-corrected chi connectivity index (χ0v) is 22.2. The Balaban J connectivity index is 1.24. The maximum atomic E-state index is 14.8. The summed E-state index contributed by atoms with van der Waals surface area (Å²) in [7, 11) is 2.14.